The average molecular weight is 335 g/mol. The summed E-state index contributed by atoms with van der Waals surface area (Å²) in [5, 5.41) is 2.77. The molecule has 1 atom stereocenters. The Morgan fingerprint density at radius 3 is 3.00 bits per heavy atom. The van der Waals surface area contributed by atoms with Crippen LogP contribution in [0.1, 0.15) is 5.69 Å². The van der Waals surface area contributed by atoms with Crippen LogP contribution in [0.3, 0.4) is 0 Å². The van der Waals surface area contributed by atoms with Crippen molar-refractivity contribution in [1.29, 1.82) is 0 Å². The largest absolute Gasteiger partial charge is 0.374 e. The summed E-state index contributed by atoms with van der Waals surface area (Å²) in [6.45, 7) is 4.29. The van der Waals surface area contributed by atoms with Crippen molar-refractivity contribution in [3.63, 3.8) is 0 Å². The number of hydrogen-bond acceptors (Lipinski definition) is 5. The van der Waals surface area contributed by atoms with Crippen LogP contribution in [0.4, 0.5) is 4.39 Å². The molecule has 1 fully saturated rings. The fourth-order valence-electron chi connectivity index (χ4n) is 2.81. The summed E-state index contributed by atoms with van der Waals surface area (Å²) in [5.74, 6) is -0.217. The minimum absolute atomic E-state index is 0.217. The number of rotatable bonds is 5. The van der Waals surface area contributed by atoms with Gasteiger partial charge < -0.3 is 9.64 Å². The summed E-state index contributed by atoms with van der Waals surface area (Å²) in [7, 11) is 4.12. The van der Waals surface area contributed by atoms with Crippen LogP contribution in [0.25, 0.3) is 10.6 Å². The third-order valence-corrected chi connectivity index (χ3v) is 4.76. The number of likely N-dealkylation sites (N-methyl/N-ethyl adjacent to an activating group) is 1. The lowest BCUT2D eigenvalue weighted by Crippen LogP contribution is -2.46. The number of morpholine rings is 1. The Bertz CT molecular complexity index is 646. The van der Waals surface area contributed by atoms with Crippen molar-refractivity contribution in [2.45, 2.75) is 12.6 Å². The molecule has 0 bridgehead atoms. The maximum atomic E-state index is 13.9. The van der Waals surface area contributed by atoms with Crippen LogP contribution in [-0.4, -0.2) is 61.2 Å². The molecule has 2 aromatic rings. The Kier molecular flexibility index (Phi) is 5.38. The van der Waals surface area contributed by atoms with Crippen LogP contribution in [0.15, 0.2) is 29.6 Å². The van der Waals surface area contributed by atoms with Crippen molar-refractivity contribution < 1.29 is 9.13 Å². The normalized spacial score (nSPS) is 19.4. The zero-order chi connectivity index (χ0) is 16.2. The molecule has 0 aliphatic carbocycles. The van der Waals surface area contributed by atoms with E-state index in [0.717, 1.165) is 43.5 Å². The molecule has 1 aromatic heterocycles. The van der Waals surface area contributed by atoms with Gasteiger partial charge in [0.2, 0.25) is 0 Å². The number of halogens is 1. The smallest absolute Gasteiger partial charge is 0.133 e. The molecule has 1 aliphatic heterocycles. The zero-order valence-corrected chi connectivity index (χ0v) is 14.4. The summed E-state index contributed by atoms with van der Waals surface area (Å²) in [5.41, 5.74) is 1.58. The zero-order valence-electron chi connectivity index (χ0n) is 13.5. The SMILES string of the molecule is CN(C)CC1CN(Cc2csc(-c3ccccc3F)n2)CCO1. The maximum absolute atomic E-state index is 13.9. The molecule has 1 unspecified atom stereocenters. The molecule has 0 saturated carbocycles. The van der Waals surface area contributed by atoms with E-state index in [-0.39, 0.29) is 11.9 Å². The van der Waals surface area contributed by atoms with Crippen LogP contribution < -0.4 is 0 Å². The lowest BCUT2D eigenvalue weighted by molar-refractivity contribution is -0.0409. The van der Waals surface area contributed by atoms with Crippen molar-refractivity contribution in [1.82, 2.24) is 14.8 Å². The standard InChI is InChI=1S/C17H22FN3OS/c1-20(2)10-14-11-21(7-8-22-14)9-13-12-23-17(19-13)15-5-3-4-6-16(15)18/h3-6,12,14H,7-11H2,1-2H3. The van der Waals surface area contributed by atoms with Gasteiger partial charge in [0.1, 0.15) is 10.8 Å². The minimum Gasteiger partial charge on any atom is -0.374 e. The van der Waals surface area contributed by atoms with Gasteiger partial charge >= 0.3 is 0 Å². The van der Waals surface area contributed by atoms with Gasteiger partial charge in [0.15, 0.2) is 0 Å². The monoisotopic (exact) mass is 335 g/mol. The third kappa shape index (κ3) is 4.35. The minimum atomic E-state index is -0.217. The number of hydrogen-bond donors (Lipinski definition) is 0. The second-order valence-corrected chi connectivity index (χ2v) is 6.97. The van der Waals surface area contributed by atoms with E-state index < -0.39 is 0 Å². The Balaban J connectivity index is 1.64. The van der Waals surface area contributed by atoms with E-state index in [9.17, 15) is 4.39 Å². The number of thiazole rings is 1. The Labute approximate surface area is 140 Å². The molecular formula is C17H22FN3OS. The van der Waals surface area contributed by atoms with Gasteiger partial charge in [-0.15, -0.1) is 11.3 Å². The van der Waals surface area contributed by atoms with Gasteiger partial charge in [0.25, 0.3) is 0 Å². The van der Waals surface area contributed by atoms with E-state index in [1.807, 2.05) is 11.4 Å². The molecule has 0 radical (unpaired) electrons. The molecule has 1 aromatic carbocycles. The summed E-state index contributed by atoms with van der Waals surface area (Å²) in [4.78, 5) is 9.11. The molecule has 0 N–H and O–H groups in total. The number of aromatic nitrogens is 1. The van der Waals surface area contributed by atoms with E-state index in [2.05, 4.69) is 28.9 Å². The Morgan fingerprint density at radius 2 is 2.22 bits per heavy atom. The van der Waals surface area contributed by atoms with Crippen molar-refractivity contribution in [3.05, 3.63) is 41.2 Å². The van der Waals surface area contributed by atoms with Crippen LogP contribution in [0, 0.1) is 5.82 Å². The Morgan fingerprint density at radius 1 is 1.39 bits per heavy atom. The van der Waals surface area contributed by atoms with Gasteiger partial charge in [-0.2, -0.15) is 0 Å². The first-order valence-corrected chi connectivity index (χ1v) is 8.68. The van der Waals surface area contributed by atoms with Gasteiger partial charge in [-0.05, 0) is 26.2 Å². The number of ether oxygens (including phenoxy) is 1. The molecule has 23 heavy (non-hydrogen) atoms. The van der Waals surface area contributed by atoms with Crippen LogP contribution >= 0.6 is 11.3 Å². The Hall–Kier alpha value is -1.34. The van der Waals surface area contributed by atoms with E-state index >= 15 is 0 Å². The van der Waals surface area contributed by atoms with Crippen molar-refractivity contribution in [2.24, 2.45) is 0 Å². The average Bonchev–Trinajstić information content (AvgIpc) is 2.95. The molecule has 1 aliphatic rings. The summed E-state index contributed by atoms with van der Waals surface area (Å²) in [6.07, 6.45) is 0.239. The number of nitrogens with zero attached hydrogens (tertiary/aromatic N) is 3. The lowest BCUT2D eigenvalue weighted by Gasteiger charge is -2.33. The fourth-order valence-corrected chi connectivity index (χ4v) is 3.65. The molecule has 4 nitrogen and oxygen atoms in total. The van der Waals surface area contributed by atoms with Gasteiger partial charge in [-0.3, -0.25) is 4.90 Å². The lowest BCUT2D eigenvalue weighted by atomic mass is 10.2. The maximum Gasteiger partial charge on any atom is 0.133 e. The first-order chi connectivity index (χ1) is 11.1. The summed E-state index contributed by atoms with van der Waals surface area (Å²) >= 11 is 1.50. The van der Waals surface area contributed by atoms with Gasteiger partial charge in [0, 0.05) is 37.1 Å². The molecule has 0 amide bonds. The molecule has 0 spiro atoms. The van der Waals surface area contributed by atoms with Crippen LogP contribution in [0.2, 0.25) is 0 Å². The van der Waals surface area contributed by atoms with Crippen LogP contribution in [0.5, 0.6) is 0 Å². The fraction of sp³-hybridized carbons (Fsp3) is 0.471. The molecule has 2 heterocycles. The molecule has 124 valence electrons. The van der Waals surface area contributed by atoms with E-state index in [1.54, 1.807) is 12.1 Å². The van der Waals surface area contributed by atoms with Gasteiger partial charge in [-0.25, -0.2) is 9.37 Å². The summed E-state index contributed by atoms with van der Waals surface area (Å²) in [6, 6.07) is 6.79. The number of benzene rings is 1. The van der Waals surface area contributed by atoms with Crippen molar-refractivity contribution in [2.75, 3.05) is 40.3 Å². The molecule has 1 saturated heterocycles. The van der Waals surface area contributed by atoms with Crippen LogP contribution in [-0.2, 0) is 11.3 Å². The highest BCUT2D eigenvalue weighted by molar-refractivity contribution is 7.13. The predicted molar refractivity (Wildman–Crippen MR) is 91.1 cm³/mol. The first-order valence-electron chi connectivity index (χ1n) is 7.80. The highest BCUT2D eigenvalue weighted by atomic mass is 32.1. The van der Waals surface area contributed by atoms with Crippen molar-refractivity contribution >= 4 is 11.3 Å². The molecule has 6 heteroatoms. The highest BCUT2D eigenvalue weighted by Gasteiger charge is 2.21. The van der Waals surface area contributed by atoms with Gasteiger partial charge in [-0.1, -0.05) is 12.1 Å². The van der Waals surface area contributed by atoms with Crippen molar-refractivity contribution in [3.8, 4) is 10.6 Å². The third-order valence-electron chi connectivity index (χ3n) is 3.83. The highest BCUT2D eigenvalue weighted by Crippen LogP contribution is 2.26. The van der Waals surface area contributed by atoms with E-state index in [1.165, 1.54) is 17.4 Å². The molecular weight excluding hydrogens is 313 g/mol. The first kappa shape index (κ1) is 16.5. The predicted octanol–water partition coefficient (Wildman–Crippen LogP) is 2.71. The molecule has 3 rings (SSSR count). The van der Waals surface area contributed by atoms with E-state index in [4.69, 9.17) is 4.74 Å². The quantitative estimate of drug-likeness (QED) is 0.840. The van der Waals surface area contributed by atoms with Gasteiger partial charge in [0.05, 0.1) is 18.4 Å². The second kappa shape index (κ2) is 7.49. The topological polar surface area (TPSA) is 28.6 Å². The summed E-state index contributed by atoms with van der Waals surface area (Å²) < 4.78 is 19.6. The van der Waals surface area contributed by atoms with E-state index in [0.29, 0.717) is 5.56 Å². The second-order valence-electron chi connectivity index (χ2n) is 6.11.